The van der Waals surface area contributed by atoms with Gasteiger partial charge in [-0.25, -0.2) is 0 Å². The van der Waals surface area contributed by atoms with Crippen molar-refractivity contribution in [2.45, 2.75) is 33.2 Å². The van der Waals surface area contributed by atoms with Crippen molar-refractivity contribution >= 4 is 46.8 Å². The average Bonchev–Trinajstić information content (AvgIpc) is 3.39. The average molecular weight is 554 g/mol. The number of aliphatic imine (C=N–C) groups is 1. The van der Waals surface area contributed by atoms with Crippen LogP contribution in [-0.2, 0) is 0 Å². The first-order valence-electron chi connectivity index (χ1n) is 10.5. The van der Waals surface area contributed by atoms with Gasteiger partial charge in [0, 0.05) is 31.1 Å². The minimum atomic E-state index is -0.199. The standard InChI is InChI=1S/C23H30N4O4.HI/c1-5-29-18-9-6-8-17-14-19(31-21(17)18)16(3)27-23(24-4)26-12-7-11-25-22(28)20-15(2)10-13-30-20;/h6,8-10,13-14,16H,5,7,11-12H2,1-4H3,(H,25,28)(H2,24,26,27);1H. The summed E-state index contributed by atoms with van der Waals surface area (Å²) in [5.74, 6) is 2.36. The largest absolute Gasteiger partial charge is 0.490 e. The molecule has 0 radical (unpaired) electrons. The summed E-state index contributed by atoms with van der Waals surface area (Å²) in [5, 5.41) is 10.4. The number of amides is 1. The number of aryl methyl sites for hydroxylation is 1. The van der Waals surface area contributed by atoms with Crippen LogP contribution in [0.3, 0.4) is 0 Å². The summed E-state index contributed by atoms with van der Waals surface area (Å²) in [6.45, 7) is 7.57. The van der Waals surface area contributed by atoms with Crippen LogP contribution in [0.25, 0.3) is 11.0 Å². The Morgan fingerprint density at radius 3 is 2.69 bits per heavy atom. The molecule has 3 aromatic rings. The number of guanidine groups is 1. The Balaban J connectivity index is 0.00000363. The van der Waals surface area contributed by atoms with Crippen molar-refractivity contribution in [3.63, 3.8) is 0 Å². The molecule has 0 saturated heterocycles. The zero-order valence-corrected chi connectivity index (χ0v) is 21.2. The first kappa shape index (κ1) is 25.6. The summed E-state index contributed by atoms with van der Waals surface area (Å²) in [6.07, 6.45) is 2.26. The minimum Gasteiger partial charge on any atom is -0.490 e. The van der Waals surface area contributed by atoms with E-state index in [2.05, 4.69) is 20.9 Å². The van der Waals surface area contributed by atoms with E-state index in [0.29, 0.717) is 31.4 Å². The van der Waals surface area contributed by atoms with Crippen LogP contribution in [0.5, 0.6) is 5.75 Å². The highest BCUT2D eigenvalue weighted by Crippen LogP contribution is 2.31. The summed E-state index contributed by atoms with van der Waals surface area (Å²) >= 11 is 0. The molecule has 1 aromatic carbocycles. The minimum absolute atomic E-state index is 0. The van der Waals surface area contributed by atoms with Crippen LogP contribution >= 0.6 is 24.0 Å². The Labute approximate surface area is 205 Å². The fourth-order valence-corrected chi connectivity index (χ4v) is 3.19. The molecule has 0 fully saturated rings. The monoisotopic (exact) mass is 554 g/mol. The van der Waals surface area contributed by atoms with Gasteiger partial charge in [0.2, 0.25) is 0 Å². The lowest BCUT2D eigenvalue weighted by molar-refractivity contribution is 0.0925. The van der Waals surface area contributed by atoms with Gasteiger partial charge in [-0.3, -0.25) is 9.79 Å². The fourth-order valence-electron chi connectivity index (χ4n) is 3.19. The van der Waals surface area contributed by atoms with Crippen LogP contribution in [-0.4, -0.2) is 38.6 Å². The molecule has 32 heavy (non-hydrogen) atoms. The highest BCUT2D eigenvalue weighted by Gasteiger charge is 2.15. The molecule has 0 saturated carbocycles. The molecule has 1 unspecified atom stereocenters. The lowest BCUT2D eigenvalue weighted by Crippen LogP contribution is -2.39. The van der Waals surface area contributed by atoms with E-state index in [1.165, 1.54) is 6.26 Å². The molecule has 0 aliphatic heterocycles. The quantitative estimate of drug-likeness (QED) is 0.157. The molecule has 8 nitrogen and oxygen atoms in total. The van der Waals surface area contributed by atoms with Crippen LogP contribution < -0.4 is 20.7 Å². The van der Waals surface area contributed by atoms with E-state index in [1.54, 1.807) is 13.1 Å². The van der Waals surface area contributed by atoms with Gasteiger partial charge in [0.15, 0.2) is 23.1 Å². The Bertz CT molecular complexity index is 1040. The molecule has 0 aliphatic carbocycles. The van der Waals surface area contributed by atoms with Gasteiger partial charge in [-0.15, -0.1) is 24.0 Å². The second kappa shape index (κ2) is 12.4. The third kappa shape index (κ3) is 6.41. The maximum Gasteiger partial charge on any atom is 0.287 e. The Hall–Kier alpha value is -2.69. The summed E-state index contributed by atoms with van der Waals surface area (Å²) in [4.78, 5) is 16.3. The first-order valence-corrected chi connectivity index (χ1v) is 10.5. The molecule has 0 spiro atoms. The Morgan fingerprint density at radius 2 is 2.00 bits per heavy atom. The smallest absolute Gasteiger partial charge is 0.287 e. The Kier molecular flexibility index (Phi) is 9.89. The maximum atomic E-state index is 12.0. The van der Waals surface area contributed by atoms with Crippen LogP contribution in [0.4, 0.5) is 0 Å². The van der Waals surface area contributed by atoms with Crippen LogP contribution in [0.15, 0.2) is 50.4 Å². The fraction of sp³-hybridized carbons (Fsp3) is 0.391. The third-order valence-corrected chi connectivity index (χ3v) is 4.83. The molecular weight excluding hydrogens is 523 g/mol. The van der Waals surface area contributed by atoms with E-state index >= 15 is 0 Å². The molecule has 2 aromatic heterocycles. The number of nitrogens with zero attached hydrogens (tertiary/aromatic N) is 1. The van der Waals surface area contributed by atoms with Crippen LogP contribution in [0, 0.1) is 6.92 Å². The number of nitrogens with one attached hydrogen (secondary N) is 3. The molecule has 1 atom stereocenters. The molecule has 3 rings (SSSR count). The van der Waals surface area contributed by atoms with Gasteiger partial charge in [-0.2, -0.15) is 0 Å². The number of furan rings is 2. The summed E-state index contributed by atoms with van der Waals surface area (Å²) in [5.41, 5.74) is 1.58. The van der Waals surface area contributed by atoms with Gasteiger partial charge in [-0.05, 0) is 45.4 Å². The van der Waals surface area contributed by atoms with Crippen LogP contribution in [0.1, 0.15) is 48.2 Å². The SMILES string of the molecule is CCOc1cccc2cc(C(C)NC(=NC)NCCCNC(=O)c3occc3C)oc12.I. The number of carbonyl (C=O) groups excluding carboxylic acids is 1. The van der Waals surface area contributed by atoms with Gasteiger partial charge < -0.3 is 29.5 Å². The number of para-hydroxylation sites is 1. The zero-order valence-electron chi connectivity index (χ0n) is 18.9. The Morgan fingerprint density at radius 1 is 1.22 bits per heavy atom. The lowest BCUT2D eigenvalue weighted by atomic mass is 10.2. The van der Waals surface area contributed by atoms with E-state index < -0.39 is 0 Å². The predicted molar refractivity (Wildman–Crippen MR) is 136 cm³/mol. The van der Waals surface area contributed by atoms with E-state index in [0.717, 1.165) is 34.5 Å². The van der Waals surface area contributed by atoms with Crippen molar-refractivity contribution in [1.29, 1.82) is 0 Å². The molecule has 1 amide bonds. The van der Waals surface area contributed by atoms with Gasteiger partial charge in [0.05, 0.1) is 18.9 Å². The molecular formula is C23H31IN4O4. The molecule has 3 N–H and O–H groups in total. The molecule has 2 heterocycles. The zero-order chi connectivity index (χ0) is 22.2. The first-order chi connectivity index (χ1) is 15.0. The van der Waals surface area contributed by atoms with Crippen molar-refractivity contribution in [3.05, 3.63) is 53.7 Å². The normalized spacial score (nSPS) is 12.2. The number of halogens is 1. The van der Waals surface area contributed by atoms with Crippen LogP contribution in [0.2, 0.25) is 0 Å². The van der Waals surface area contributed by atoms with Gasteiger partial charge in [-0.1, -0.05) is 12.1 Å². The third-order valence-electron chi connectivity index (χ3n) is 4.83. The highest BCUT2D eigenvalue weighted by atomic mass is 127. The number of carbonyl (C=O) groups is 1. The second-order valence-corrected chi connectivity index (χ2v) is 7.16. The number of rotatable bonds is 9. The van der Waals surface area contributed by atoms with Crippen molar-refractivity contribution < 1.29 is 18.4 Å². The van der Waals surface area contributed by atoms with Crippen molar-refractivity contribution in [3.8, 4) is 5.75 Å². The van der Waals surface area contributed by atoms with E-state index in [1.807, 2.05) is 45.0 Å². The lowest BCUT2D eigenvalue weighted by Gasteiger charge is -2.16. The molecule has 0 aliphatic rings. The number of hydrogen-bond donors (Lipinski definition) is 3. The summed E-state index contributed by atoms with van der Waals surface area (Å²) in [6, 6.07) is 9.56. The summed E-state index contributed by atoms with van der Waals surface area (Å²) < 4.78 is 16.9. The number of fused-ring (bicyclic) bond motifs is 1. The number of hydrogen-bond acceptors (Lipinski definition) is 5. The van der Waals surface area contributed by atoms with Gasteiger partial charge in [0.25, 0.3) is 5.91 Å². The molecule has 0 bridgehead atoms. The van der Waals surface area contributed by atoms with Crippen molar-refractivity contribution in [2.24, 2.45) is 4.99 Å². The molecule has 174 valence electrons. The van der Waals surface area contributed by atoms with Crippen molar-refractivity contribution in [1.82, 2.24) is 16.0 Å². The second-order valence-electron chi connectivity index (χ2n) is 7.16. The number of benzene rings is 1. The van der Waals surface area contributed by atoms with Crippen molar-refractivity contribution in [2.75, 3.05) is 26.7 Å². The highest BCUT2D eigenvalue weighted by molar-refractivity contribution is 14.0. The van der Waals surface area contributed by atoms with Gasteiger partial charge in [0.1, 0.15) is 5.76 Å². The molecule has 9 heteroatoms. The number of ether oxygens (including phenoxy) is 1. The summed E-state index contributed by atoms with van der Waals surface area (Å²) in [7, 11) is 1.72. The van der Waals surface area contributed by atoms with E-state index in [9.17, 15) is 4.79 Å². The van der Waals surface area contributed by atoms with E-state index in [-0.39, 0.29) is 35.9 Å². The van der Waals surface area contributed by atoms with E-state index in [4.69, 9.17) is 13.6 Å². The maximum absolute atomic E-state index is 12.0. The van der Waals surface area contributed by atoms with Gasteiger partial charge >= 0.3 is 0 Å². The predicted octanol–water partition coefficient (Wildman–Crippen LogP) is 4.40. The topological polar surface area (TPSA) is 101 Å².